The van der Waals surface area contributed by atoms with Gasteiger partial charge in [-0.3, -0.25) is 0 Å². The first kappa shape index (κ1) is 8.96. The Morgan fingerprint density at radius 2 is 2.30 bits per heavy atom. The lowest BCUT2D eigenvalue weighted by atomic mass is 10.7. The van der Waals surface area contributed by atoms with Crippen molar-refractivity contribution in [2.75, 3.05) is 12.4 Å². The molecule has 58 valence electrons. The van der Waals surface area contributed by atoms with Crippen molar-refractivity contribution in [2.45, 2.75) is 0 Å². The third-order valence-corrected chi connectivity index (χ3v) is 0.917. The average Bonchev–Trinajstić information content (AvgIpc) is 1.81. The zero-order chi connectivity index (χ0) is 8.15. The normalized spacial score (nSPS) is 8.90. The summed E-state index contributed by atoms with van der Waals surface area (Å²) in [5, 5.41) is 9.25. The van der Waals surface area contributed by atoms with Crippen molar-refractivity contribution in [1.29, 1.82) is 0 Å². The lowest BCUT2D eigenvalue weighted by Gasteiger charge is -2.05. The summed E-state index contributed by atoms with van der Waals surface area (Å²) in [4.78, 5) is 20.1. The van der Waals surface area contributed by atoms with Gasteiger partial charge >= 0.3 is 6.03 Å². The summed E-state index contributed by atoms with van der Waals surface area (Å²) in [5.41, 5.74) is 4.61. The van der Waals surface area contributed by atoms with Gasteiger partial charge in [-0.2, -0.15) is 0 Å². The first-order valence-electron chi connectivity index (χ1n) is 2.37. The summed E-state index contributed by atoms with van der Waals surface area (Å²) >= 11 is 5.13. The molecule has 0 bridgehead atoms. The Labute approximate surface area is 61.7 Å². The Bertz CT molecular complexity index is 136. The molecule has 7 heteroatoms. The number of hydrogen-bond acceptors (Lipinski definition) is 3. The fraction of sp³-hybridized carbons (Fsp3) is 0.667. The quantitative estimate of drug-likeness (QED) is 0.359. The number of amides is 2. The fourth-order valence-corrected chi connectivity index (χ4v) is 0.512. The summed E-state index contributed by atoms with van der Waals surface area (Å²) in [6.07, 6.45) is 0. The number of alkyl halides is 1. The van der Waals surface area contributed by atoms with Crippen molar-refractivity contribution in [1.82, 2.24) is 5.01 Å². The van der Waals surface area contributed by atoms with E-state index in [4.69, 9.17) is 11.6 Å². The summed E-state index contributed by atoms with van der Waals surface area (Å²) in [6, 6.07) is -1.11. The number of nitrogens with zero attached hydrogens (tertiary/aromatic N) is 2. The third-order valence-electron chi connectivity index (χ3n) is 0.748. The van der Waals surface area contributed by atoms with Crippen molar-refractivity contribution in [3.05, 3.63) is 10.1 Å². The van der Waals surface area contributed by atoms with Crippen LogP contribution in [0.3, 0.4) is 0 Å². The zero-order valence-corrected chi connectivity index (χ0v) is 5.74. The van der Waals surface area contributed by atoms with Crippen LogP contribution in [0.25, 0.3) is 0 Å². The number of nitrogens with two attached hydrogens (primary N) is 1. The maximum atomic E-state index is 10.2. The molecule has 2 amide bonds. The van der Waals surface area contributed by atoms with Gasteiger partial charge < -0.3 is 5.73 Å². The van der Waals surface area contributed by atoms with Crippen LogP contribution >= 0.6 is 11.6 Å². The van der Waals surface area contributed by atoms with E-state index in [-0.39, 0.29) is 17.4 Å². The highest BCUT2D eigenvalue weighted by Crippen LogP contribution is 1.88. The van der Waals surface area contributed by atoms with Crippen LogP contribution in [0.1, 0.15) is 0 Å². The smallest absolute Gasteiger partial charge is 0.347 e. The van der Waals surface area contributed by atoms with E-state index in [0.29, 0.717) is 0 Å². The number of primary amides is 1. The van der Waals surface area contributed by atoms with E-state index in [9.17, 15) is 14.9 Å². The van der Waals surface area contributed by atoms with Gasteiger partial charge in [0.15, 0.2) is 5.03 Å². The topological polar surface area (TPSA) is 89.5 Å². The van der Waals surface area contributed by atoms with Crippen molar-refractivity contribution in [2.24, 2.45) is 5.73 Å². The minimum absolute atomic E-state index is 0.01000. The highest BCUT2D eigenvalue weighted by atomic mass is 35.5. The van der Waals surface area contributed by atoms with Crippen LogP contribution in [0.4, 0.5) is 4.79 Å². The third kappa shape index (κ3) is 2.49. The van der Waals surface area contributed by atoms with Crippen molar-refractivity contribution < 1.29 is 9.83 Å². The lowest BCUT2D eigenvalue weighted by molar-refractivity contribution is -0.631. The summed E-state index contributed by atoms with van der Waals surface area (Å²) in [6.45, 7) is -0.177. The zero-order valence-electron chi connectivity index (χ0n) is 4.99. The molecule has 0 aliphatic rings. The van der Waals surface area contributed by atoms with E-state index in [2.05, 4.69) is 5.73 Å². The summed E-state index contributed by atoms with van der Waals surface area (Å²) in [5.74, 6) is -0.01000. The highest BCUT2D eigenvalue weighted by molar-refractivity contribution is 6.18. The molecule has 0 fully saturated rings. The Morgan fingerprint density at radius 1 is 1.80 bits per heavy atom. The minimum Gasteiger partial charge on any atom is -0.347 e. The van der Waals surface area contributed by atoms with Crippen LogP contribution in [0.2, 0.25) is 0 Å². The second kappa shape index (κ2) is 3.89. The predicted molar refractivity (Wildman–Crippen MR) is 34.0 cm³/mol. The van der Waals surface area contributed by atoms with Gasteiger partial charge in [0.2, 0.25) is 0 Å². The number of nitro groups is 1. The number of carbonyl (C=O) groups is 1. The van der Waals surface area contributed by atoms with Crippen molar-refractivity contribution >= 4 is 17.6 Å². The Kier molecular flexibility index (Phi) is 3.48. The summed E-state index contributed by atoms with van der Waals surface area (Å²) in [7, 11) is 0. The number of halogens is 1. The van der Waals surface area contributed by atoms with Crippen LogP contribution in [0.15, 0.2) is 0 Å². The van der Waals surface area contributed by atoms with E-state index in [1.165, 1.54) is 0 Å². The maximum absolute atomic E-state index is 10.2. The predicted octanol–water partition coefficient (Wildman–Crippen LogP) is -0.202. The van der Waals surface area contributed by atoms with Gasteiger partial charge in [-0.15, -0.1) is 11.6 Å². The Hall–Kier alpha value is -1.04. The molecule has 0 aliphatic carbocycles. The van der Waals surface area contributed by atoms with Gasteiger partial charge in [0.05, 0.1) is 0 Å². The molecule has 0 aliphatic heterocycles. The molecule has 10 heavy (non-hydrogen) atoms. The van der Waals surface area contributed by atoms with E-state index in [0.717, 1.165) is 0 Å². The number of rotatable bonds is 3. The van der Waals surface area contributed by atoms with Crippen molar-refractivity contribution in [3.63, 3.8) is 0 Å². The molecule has 0 aromatic rings. The van der Waals surface area contributed by atoms with Gasteiger partial charge in [0, 0.05) is 5.88 Å². The number of urea groups is 1. The van der Waals surface area contributed by atoms with Crippen LogP contribution in [-0.2, 0) is 0 Å². The molecule has 0 saturated heterocycles. The standard InChI is InChI=1S/C3H6ClN3O3/c4-1-2-6(3(5)8)7(9)10/h1-2H2,(H2,5,8). The van der Waals surface area contributed by atoms with Crippen LogP contribution in [0.5, 0.6) is 0 Å². The molecule has 0 radical (unpaired) electrons. The molecule has 0 saturated carbocycles. The van der Waals surface area contributed by atoms with Gasteiger partial charge in [0.1, 0.15) is 6.54 Å². The average molecular weight is 168 g/mol. The summed E-state index contributed by atoms with van der Waals surface area (Å²) < 4.78 is 0. The second-order valence-electron chi connectivity index (χ2n) is 1.39. The molecule has 0 atom stereocenters. The highest BCUT2D eigenvalue weighted by Gasteiger charge is 2.19. The molecule has 0 rings (SSSR count). The van der Waals surface area contributed by atoms with E-state index < -0.39 is 11.1 Å². The molecule has 0 aromatic carbocycles. The van der Waals surface area contributed by atoms with E-state index >= 15 is 0 Å². The van der Waals surface area contributed by atoms with Gasteiger partial charge in [-0.25, -0.2) is 14.9 Å². The van der Waals surface area contributed by atoms with Gasteiger partial charge in [0.25, 0.3) is 0 Å². The molecular weight excluding hydrogens is 162 g/mol. The second-order valence-corrected chi connectivity index (χ2v) is 1.77. The molecule has 0 heterocycles. The monoisotopic (exact) mass is 167 g/mol. The first-order chi connectivity index (χ1) is 4.59. The molecular formula is C3H6ClN3O3. The Balaban J connectivity index is 3.98. The molecule has 6 nitrogen and oxygen atoms in total. The van der Waals surface area contributed by atoms with Gasteiger partial charge in [-0.05, 0) is 5.01 Å². The number of hydrazine groups is 1. The first-order valence-corrected chi connectivity index (χ1v) is 2.90. The van der Waals surface area contributed by atoms with Crippen LogP contribution in [-0.4, -0.2) is 28.5 Å². The fourth-order valence-electron chi connectivity index (χ4n) is 0.352. The molecule has 0 unspecified atom stereocenters. The van der Waals surface area contributed by atoms with Crippen LogP contribution in [0, 0.1) is 10.1 Å². The molecule has 2 N–H and O–H groups in total. The molecule has 0 aromatic heterocycles. The van der Waals surface area contributed by atoms with Crippen molar-refractivity contribution in [3.8, 4) is 0 Å². The van der Waals surface area contributed by atoms with Crippen LogP contribution < -0.4 is 5.73 Å². The largest absolute Gasteiger partial charge is 0.372 e. The minimum atomic E-state index is -1.11. The maximum Gasteiger partial charge on any atom is 0.372 e. The van der Waals surface area contributed by atoms with E-state index in [1.54, 1.807) is 0 Å². The lowest BCUT2D eigenvalue weighted by Crippen LogP contribution is -2.41. The number of hydrogen-bond donors (Lipinski definition) is 1. The number of carbonyl (C=O) groups excluding carboxylic acids is 1. The molecule has 0 spiro atoms. The Morgan fingerprint density at radius 3 is 2.40 bits per heavy atom. The van der Waals surface area contributed by atoms with Gasteiger partial charge in [-0.1, -0.05) is 0 Å². The SMILES string of the molecule is NC(=O)N(CCCl)[N+](=O)[O-]. The van der Waals surface area contributed by atoms with E-state index in [1.807, 2.05) is 0 Å².